The fourth-order valence-corrected chi connectivity index (χ4v) is 2.50. The van der Waals surface area contributed by atoms with Crippen LogP contribution in [0.5, 0.6) is 0 Å². The number of aromatic nitrogens is 2. The predicted molar refractivity (Wildman–Crippen MR) is 72.5 cm³/mol. The lowest BCUT2D eigenvalue weighted by atomic mass is 9.89. The molecule has 0 spiro atoms. The molecule has 4 nitrogen and oxygen atoms in total. The summed E-state index contributed by atoms with van der Waals surface area (Å²) in [4.78, 5) is 8.73. The van der Waals surface area contributed by atoms with Gasteiger partial charge in [-0.25, -0.2) is 9.97 Å². The van der Waals surface area contributed by atoms with E-state index < -0.39 is 0 Å². The zero-order valence-electron chi connectivity index (χ0n) is 10.9. The van der Waals surface area contributed by atoms with E-state index in [2.05, 4.69) is 9.97 Å². The second-order valence-electron chi connectivity index (χ2n) is 4.83. The lowest BCUT2D eigenvalue weighted by Gasteiger charge is -2.22. The number of rotatable bonds is 5. The molecule has 0 aliphatic carbocycles. The molecular formula is C12H20N4S. The molecule has 0 saturated heterocycles. The van der Waals surface area contributed by atoms with Gasteiger partial charge < -0.3 is 5.73 Å². The Balaban J connectivity index is 2.54. The Bertz CT molecular complexity index is 395. The molecule has 1 rings (SSSR count). The van der Waals surface area contributed by atoms with Crippen LogP contribution >= 0.6 is 11.8 Å². The van der Waals surface area contributed by atoms with Crippen molar-refractivity contribution >= 4 is 17.6 Å². The van der Waals surface area contributed by atoms with Crippen LogP contribution in [0.4, 0.5) is 0 Å². The molecule has 0 amide bonds. The average molecular weight is 252 g/mol. The highest BCUT2D eigenvalue weighted by atomic mass is 32.2. The molecule has 0 saturated carbocycles. The van der Waals surface area contributed by atoms with E-state index in [1.807, 2.05) is 33.8 Å². The van der Waals surface area contributed by atoms with Crippen molar-refractivity contribution in [2.45, 2.75) is 39.3 Å². The number of nitrogens with two attached hydrogens (primary N) is 1. The Morgan fingerprint density at radius 1 is 1.35 bits per heavy atom. The fourth-order valence-electron chi connectivity index (χ4n) is 1.29. The molecule has 5 heteroatoms. The molecular weight excluding hydrogens is 232 g/mol. The summed E-state index contributed by atoms with van der Waals surface area (Å²) in [6.45, 7) is 7.91. The molecule has 0 atom stereocenters. The first-order valence-electron chi connectivity index (χ1n) is 5.61. The summed E-state index contributed by atoms with van der Waals surface area (Å²) < 4.78 is 0. The zero-order valence-corrected chi connectivity index (χ0v) is 11.7. The Labute approximate surface area is 107 Å². The van der Waals surface area contributed by atoms with Crippen LogP contribution in [0, 0.1) is 24.7 Å². The minimum Gasteiger partial charge on any atom is -0.387 e. The Kier molecular flexibility index (Phi) is 4.51. The number of hydrogen-bond acceptors (Lipinski definition) is 4. The van der Waals surface area contributed by atoms with Gasteiger partial charge in [0.1, 0.15) is 0 Å². The summed E-state index contributed by atoms with van der Waals surface area (Å²) in [5, 5.41) is 8.29. The van der Waals surface area contributed by atoms with Crippen LogP contribution in [0.15, 0.2) is 11.2 Å². The third kappa shape index (κ3) is 4.34. The SMILES string of the molecule is Cc1cc(C)nc(SCCC(C)(C)C(=N)N)n1. The van der Waals surface area contributed by atoms with Crippen molar-refractivity contribution < 1.29 is 0 Å². The van der Waals surface area contributed by atoms with Crippen LogP contribution in [-0.4, -0.2) is 21.6 Å². The van der Waals surface area contributed by atoms with E-state index >= 15 is 0 Å². The van der Waals surface area contributed by atoms with Gasteiger partial charge >= 0.3 is 0 Å². The summed E-state index contributed by atoms with van der Waals surface area (Å²) in [5.41, 5.74) is 7.28. The molecule has 0 radical (unpaired) electrons. The van der Waals surface area contributed by atoms with Gasteiger partial charge in [-0.1, -0.05) is 25.6 Å². The van der Waals surface area contributed by atoms with Crippen LogP contribution in [0.3, 0.4) is 0 Å². The van der Waals surface area contributed by atoms with Crippen molar-refractivity contribution in [3.05, 3.63) is 17.5 Å². The topological polar surface area (TPSA) is 75.7 Å². The molecule has 3 N–H and O–H groups in total. The van der Waals surface area contributed by atoms with Gasteiger partial charge in [-0.15, -0.1) is 0 Å². The number of aryl methyl sites for hydroxylation is 2. The molecule has 0 aliphatic heterocycles. The van der Waals surface area contributed by atoms with E-state index in [0.29, 0.717) is 0 Å². The Morgan fingerprint density at radius 3 is 2.35 bits per heavy atom. The normalized spacial score (nSPS) is 11.5. The van der Waals surface area contributed by atoms with E-state index in [-0.39, 0.29) is 11.3 Å². The summed E-state index contributed by atoms with van der Waals surface area (Å²) in [7, 11) is 0. The first-order chi connectivity index (χ1) is 7.81. The van der Waals surface area contributed by atoms with Gasteiger partial charge in [-0.3, -0.25) is 5.41 Å². The highest BCUT2D eigenvalue weighted by Gasteiger charge is 2.21. The van der Waals surface area contributed by atoms with E-state index in [1.165, 1.54) is 0 Å². The zero-order chi connectivity index (χ0) is 13.1. The van der Waals surface area contributed by atoms with E-state index in [0.717, 1.165) is 28.7 Å². The summed E-state index contributed by atoms with van der Waals surface area (Å²) in [6, 6.07) is 1.96. The van der Waals surface area contributed by atoms with Crippen molar-refractivity contribution in [1.29, 1.82) is 5.41 Å². The van der Waals surface area contributed by atoms with Crippen LogP contribution in [0.25, 0.3) is 0 Å². The summed E-state index contributed by atoms with van der Waals surface area (Å²) in [6.07, 6.45) is 0.851. The quantitative estimate of drug-likeness (QED) is 0.365. The first kappa shape index (κ1) is 14.0. The third-order valence-corrected chi connectivity index (χ3v) is 3.50. The second-order valence-corrected chi connectivity index (χ2v) is 5.89. The van der Waals surface area contributed by atoms with Gasteiger partial charge in [0.15, 0.2) is 5.16 Å². The lowest BCUT2D eigenvalue weighted by molar-refractivity contribution is 0.500. The maximum atomic E-state index is 7.49. The van der Waals surface area contributed by atoms with Gasteiger partial charge in [0.25, 0.3) is 0 Å². The van der Waals surface area contributed by atoms with Crippen molar-refractivity contribution in [1.82, 2.24) is 9.97 Å². The highest BCUT2D eigenvalue weighted by Crippen LogP contribution is 2.24. The molecule has 94 valence electrons. The van der Waals surface area contributed by atoms with Crippen molar-refractivity contribution in [3.8, 4) is 0 Å². The number of nitrogens with zero attached hydrogens (tertiary/aromatic N) is 2. The molecule has 0 bridgehead atoms. The van der Waals surface area contributed by atoms with Gasteiger partial charge in [0, 0.05) is 22.6 Å². The van der Waals surface area contributed by atoms with E-state index in [9.17, 15) is 0 Å². The van der Waals surface area contributed by atoms with Crippen LogP contribution in [0.2, 0.25) is 0 Å². The van der Waals surface area contributed by atoms with Gasteiger partial charge in [-0.2, -0.15) is 0 Å². The molecule has 0 fully saturated rings. The van der Waals surface area contributed by atoms with Gasteiger partial charge in [0.05, 0.1) is 5.84 Å². The minimum atomic E-state index is -0.244. The Hall–Kier alpha value is -1.10. The maximum Gasteiger partial charge on any atom is 0.187 e. The van der Waals surface area contributed by atoms with Crippen LogP contribution < -0.4 is 5.73 Å². The molecule has 0 aromatic carbocycles. The maximum absolute atomic E-state index is 7.49. The monoisotopic (exact) mass is 252 g/mol. The molecule has 0 aliphatic rings. The summed E-state index contributed by atoms with van der Waals surface area (Å²) >= 11 is 1.62. The first-order valence-corrected chi connectivity index (χ1v) is 6.59. The molecule has 1 heterocycles. The predicted octanol–water partition coefficient (Wildman–Crippen LogP) is 2.54. The lowest BCUT2D eigenvalue weighted by Crippen LogP contribution is -2.31. The largest absolute Gasteiger partial charge is 0.387 e. The fraction of sp³-hybridized carbons (Fsp3) is 0.583. The molecule has 0 unspecified atom stereocenters. The number of hydrogen-bond donors (Lipinski definition) is 2. The van der Waals surface area contributed by atoms with Crippen LogP contribution in [0.1, 0.15) is 31.7 Å². The van der Waals surface area contributed by atoms with Gasteiger partial charge in [-0.05, 0) is 26.3 Å². The van der Waals surface area contributed by atoms with Crippen LogP contribution in [-0.2, 0) is 0 Å². The Morgan fingerprint density at radius 2 is 1.88 bits per heavy atom. The number of amidine groups is 1. The average Bonchev–Trinajstić information content (AvgIpc) is 2.15. The smallest absolute Gasteiger partial charge is 0.187 e. The van der Waals surface area contributed by atoms with Crippen molar-refractivity contribution in [2.24, 2.45) is 11.1 Å². The highest BCUT2D eigenvalue weighted by molar-refractivity contribution is 7.99. The van der Waals surface area contributed by atoms with Crippen molar-refractivity contribution in [3.63, 3.8) is 0 Å². The van der Waals surface area contributed by atoms with E-state index in [4.69, 9.17) is 11.1 Å². The second kappa shape index (κ2) is 5.49. The van der Waals surface area contributed by atoms with E-state index in [1.54, 1.807) is 11.8 Å². The number of thioether (sulfide) groups is 1. The molecule has 17 heavy (non-hydrogen) atoms. The molecule has 1 aromatic heterocycles. The standard InChI is InChI=1S/C12H20N4S/c1-8-7-9(2)16-11(15-8)17-6-5-12(3,4)10(13)14/h7H,5-6H2,1-4H3,(H3,13,14). The minimum absolute atomic E-state index is 0.236. The van der Waals surface area contributed by atoms with Gasteiger partial charge in [0.2, 0.25) is 0 Å². The number of nitrogens with one attached hydrogen (secondary N) is 1. The third-order valence-electron chi connectivity index (χ3n) is 2.65. The van der Waals surface area contributed by atoms with Crippen molar-refractivity contribution in [2.75, 3.05) is 5.75 Å². The molecule has 1 aromatic rings. The summed E-state index contributed by atoms with van der Waals surface area (Å²) in [5.74, 6) is 1.11.